The Labute approximate surface area is 107 Å². The van der Waals surface area contributed by atoms with Crippen molar-refractivity contribution in [1.82, 2.24) is 10.2 Å². The molecule has 0 aliphatic carbocycles. The summed E-state index contributed by atoms with van der Waals surface area (Å²) in [6.45, 7) is 4.31. The first kappa shape index (κ1) is 12.5. The minimum absolute atomic E-state index is 0.540. The van der Waals surface area contributed by atoms with E-state index < -0.39 is 0 Å². The third-order valence-corrected chi connectivity index (χ3v) is 2.86. The fraction of sp³-hybridized carbons (Fsp3) is 0.357. The van der Waals surface area contributed by atoms with Gasteiger partial charge in [0.2, 0.25) is 0 Å². The minimum atomic E-state index is 0.540. The van der Waals surface area contributed by atoms with Crippen LogP contribution >= 0.6 is 0 Å². The van der Waals surface area contributed by atoms with E-state index in [-0.39, 0.29) is 0 Å². The number of rotatable bonds is 4. The van der Waals surface area contributed by atoms with Crippen molar-refractivity contribution >= 4 is 5.69 Å². The van der Waals surface area contributed by atoms with Crippen LogP contribution in [0.2, 0.25) is 0 Å². The van der Waals surface area contributed by atoms with E-state index in [0.29, 0.717) is 11.6 Å². The van der Waals surface area contributed by atoms with E-state index in [1.807, 2.05) is 24.3 Å². The first-order valence-corrected chi connectivity index (χ1v) is 6.09. The molecule has 0 aliphatic rings. The number of nitrogens with one attached hydrogen (secondary N) is 1. The topological polar surface area (TPSA) is 63.9 Å². The van der Waals surface area contributed by atoms with Gasteiger partial charge in [0.15, 0.2) is 0 Å². The van der Waals surface area contributed by atoms with Gasteiger partial charge in [0, 0.05) is 5.56 Å². The lowest BCUT2D eigenvalue weighted by molar-refractivity contribution is 0.416. The van der Waals surface area contributed by atoms with E-state index in [0.717, 1.165) is 29.1 Å². The molecule has 0 unspecified atom stereocenters. The normalized spacial score (nSPS) is 10.9. The maximum Gasteiger partial charge on any atom is 0.128 e. The molecule has 1 aromatic carbocycles. The number of hydrogen-bond donors (Lipinski definition) is 2. The fourth-order valence-corrected chi connectivity index (χ4v) is 2.00. The van der Waals surface area contributed by atoms with Gasteiger partial charge < -0.3 is 10.5 Å². The molecule has 4 heteroatoms. The van der Waals surface area contributed by atoms with Gasteiger partial charge in [-0.1, -0.05) is 26.0 Å². The van der Waals surface area contributed by atoms with E-state index in [4.69, 9.17) is 10.5 Å². The SMILES string of the molecule is COc1ccccc1-c1n[nH]c(CC(C)C)c1N. The van der Waals surface area contributed by atoms with Gasteiger partial charge in [-0.15, -0.1) is 0 Å². The minimum Gasteiger partial charge on any atom is -0.496 e. The van der Waals surface area contributed by atoms with Crippen LogP contribution in [0.3, 0.4) is 0 Å². The molecule has 1 heterocycles. The van der Waals surface area contributed by atoms with E-state index >= 15 is 0 Å². The molecular weight excluding hydrogens is 226 g/mol. The van der Waals surface area contributed by atoms with Crippen molar-refractivity contribution in [2.24, 2.45) is 5.92 Å². The maximum atomic E-state index is 6.16. The van der Waals surface area contributed by atoms with E-state index in [1.165, 1.54) is 0 Å². The van der Waals surface area contributed by atoms with Gasteiger partial charge in [-0.25, -0.2) is 0 Å². The molecular formula is C14H19N3O. The highest BCUT2D eigenvalue weighted by Gasteiger charge is 2.15. The molecule has 3 N–H and O–H groups in total. The molecule has 18 heavy (non-hydrogen) atoms. The summed E-state index contributed by atoms with van der Waals surface area (Å²) in [4.78, 5) is 0. The van der Waals surface area contributed by atoms with Crippen molar-refractivity contribution in [3.8, 4) is 17.0 Å². The van der Waals surface area contributed by atoms with Gasteiger partial charge in [-0.2, -0.15) is 5.10 Å². The summed E-state index contributed by atoms with van der Waals surface area (Å²) in [5, 5.41) is 7.34. The quantitative estimate of drug-likeness (QED) is 0.870. The number of benzene rings is 1. The molecule has 0 saturated heterocycles. The van der Waals surface area contributed by atoms with Gasteiger partial charge >= 0.3 is 0 Å². The molecule has 96 valence electrons. The zero-order chi connectivity index (χ0) is 13.1. The number of anilines is 1. The van der Waals surface area contributed by atoms with E-state index in [2.05, 4.69) is 24.0 Å². The average molecular weight is 245 g/mol. The van der Waals surface area contributed by atoms with Gasteiger partial charge in [0.05, 0.1) is 18.5 Å². The Kier molecular flexibility index (Phi) is 3.55. The average Bonchev–Trinajstić information content (AvgIpc) is 2.70. The fourth-order valence-electron chi connectivity index (χ4n) is 2.00. The van der Waals surface area contributed by atoms with Gasteiger partial charge in [-0.05, 0) is 24.5 Å². The lowest BCUT2D eigenvalue weighted by atomic mass is 10.0. The molecule has 4 nitrogen and oxygen atoms in total. The highest BCUT2D eigenvalue weighted by atomic mass is 16.5. The smallest absolute Gasteiger partial charge is 0.128 e. The van der Waals surface area contributed by atoms with Crippen LogP contribution < -0.4 is 10.5 Å². The summed E-state index contributed by atoms with van der Waals surface area (Å²) in [5.74, 6) is 1.32. The summed E-state index contributed by atoms with van der Waals surface area (Å²) in [6, 6.07) is 7.75. The molecule has 0 spiro atoms. The van der Waals surface area contributed by atoms with Crippen LogP contribution in [0.5, 0.6) is 5.75 Å². The molecule has 0 atom stereocenters. The van der Waals surface area contributed by atoms with Crippen molar-refractivity contribution < 1.29 is 4.74 Å². The number of ether oxygens (including phenoxy) is 1. The molecule has 2 rings (SSSR count). The number of aromatic amines is 1. The summed E-state index contributed by atoms with van der Waals surface area (Å²) >= 11 is 0. The number of nitrogens with two attached hydrogens (primary N) is 1. The van der Waals surface area contributed by atoms with Crippen molar-refractivity contribution in [1.29, 1.82) is 0 Å². The van der Waals surface area contributed by atoms with Crippen molar-refractivity contribution in [2.75, 3.05) is 12.8 Å². The van der Waals surface area contributed by atoms with Crippen LogP contribution in [-0.4, -0.2) is 17.3 Å². The molecule has 1 aromatic heterocycles. The number of H-pyrrole nitrogens is 1. The summed E-state index contributed by atoms with van der Waals surface area (Å²) < 4.78 is 5.34. The predicted octanol–water partition coefficient (Wildman–Crippen LogP) is 2.87. The number of nitrogens with zero attached hydrogens (tertiary/aromatic N) is 1. The number of hydrogen-bond acceptors (Lipinski definition) is 3. The largest absolute Gasteiger partial charge is 0.496 e. The van der Waals surface area contributed by atoms with E-state index in [1.54, 1.807) is 7.11 Å². The van der Waals surface area contributed by atoms with Crippen LogP contribution in [0.1, 0.15) is 19.5 Å². The van der Waals surface area contributed by atoms with Gasteiger partial charge in [-0.3, -0.25) is 5.10 Å². The number of para-hydroxylation sites is 1. The van der Waals surface area contributed by atoms with Gasteiger partial charge in [0.25, 0.3) is 0 Å². The zero-order valence-corrected chi connectivity index (χ0v) is 11.0. The molecule has 2 aromatic rings. The Morgan fingerprint density at radius 1 is 1.33 bits per heavy atom. The molecule has 0 aliphatic heterocycles. The van der Waals surface area contributed by atoms with Crippen molar-refractivity contribution in [3.05, 3.63) is 30.0 Å². The summed E-state index contributed by atoms with van der Waals surface area (Å²) in [7, 11) is 1.65. The van der Waals surface area contributed by atoms with Crippen LogP contribution in [0.4, 0.5) is 5.69 Å². The Morgan fingerprint density at radius 3 is 2.72 bits per heavy atom. The Morgan fingerprint density at radius 2 is 2.06 bits per heavy atom. The first-order valence-electron chi connectivity index (χ1n) is 6.09. The number of methoxy groups -OCH3 is 1. The van der Waals surface area contributed by atoms with Crippen LogP contribution in [-0.2, 0) is 6.42 Å². The second-order valence-electron chi connectivity index (χ2n) is 4.76. The predicted molar refractivity (Wildman–Crippen MR) is 73.5 cm³/mol. The maximum absolute atomic E-state index is 6.16. The van der Waals surface area contributed by atoms with Gasteiger partial charge in [0.1, 0.15) is 11.4 Å². The van der Waals surface area contributed by atoms with Crippen molar-refractivity contribution in [2.45, 2.75) is 20.3 Å². The monoisotopic (exact) mass is 245 g/mol. The molecule has 0 radical (unpaired) electrons. The number of aromatic nitrogens is 2. The lowest BCUT2D eigenvalue weighted by Crippen LogP contribution is -1.99. The number of nitrogen functional groups attached to an aromatic ring is 1. The summed E-state index contributed by atoms with van der Waals surface area (Å²) in [6.07, 6.45) is 0.897. The highest BCUT2D eigenvalue weighted by molar-refractivity contribution is 5.78. The van der Waals surface area contributed by atoms with Crippen molar-refractivity contribution in [3.63, 3.8) is 0 Å². The lowest BCUT2D eigenvalue weighted by Gasteiger charge is -2.07. The third kappa shape index (κ3) is 2.32. The first-order chi connectivity index (χ1) is 8.63. The highest BCUT2D eigenvalue weighted by Crippen LogP contribution is 2.33. The van der Waals surface area contributed by atoms with Crippen LogP contribution in [0.15, 0.2) is 24.3 Å². The second-order valence-corrected chi connectivity index (χ2v) is 4.76. The Balaban J connectivity index is 2.42. The van der Waals surface area contributed by atoms with E-state index in [9.17, 15) is 0 Å². The zero-order valence-electron chi connectivity index (χ0n) is 11.0. The third-order valence-electron chi connectivity index (χ3n) is 2.86. The Hall–Kier alpha value is -1.97. The van der Waals surface area contributed by atoms with Crippen LogP contribution in [0.25, 0.3) is 11.3 Å². The molecule has 0 bridgehead atoms. The van der Waals surface area contributed by atoms with Crippen LogP contribution in [0, 0.1) is 5.92 Å². The molecule has 0 fully saturated rings. The molecule has 0 saturated carbocycles. The Bertz CT molecular complexity index is 532. The summed E-state index contributed by atoms with van der Waals surface area (Å²) in [5.41, 5.74) is 9.55. The molecule has 0 amide bonds. The second kappa shape index (κ2) is 5.12. The standard InChI is InChI=1S/C14H19N3O/c1-9(2)8-11-13(15)14(17-16-11)10-6-4-5-7-12(10)18-3/h4-7,9H,8,15H2,1-3H3,(H,16,17).